The van der Waals surface area contributed by atoms with E-state index in [1.807, 2.05) is 18.2 Å². The fourth-order valence-corrected chi connectivity index (χ4v) is 4.64. The van der Waals surface area contributed by atoms with Gasteiger partial charge in [0.2, 0.25) is 0 Å². The molecule has 1 aliphatic carbocycles. The topological polar surface area (TPSA) is 107 Å². The van der Waals surface area contributed by atoms with Gasteiger partial charge in [-0.25, -0.2) is 4.57 Å². The molecule has 1 aromatic carbocycles. The molecule has 0 spiro atoms. The fraction of sp³-hybridized carbons (Fsp3) is 0.714. The molecule has 3 atom stereocenters. The summed E-state index contributed by atoms with van der Waals surface area (Å²) in [6.07, 6.45) is 6.20. The van der Waals surface area contributed by atoms with Crippen molar-refractivity contribution in [3.05, 3.63) is 23.8 Å². The molecule has 2 N–H and O–H groups in total. The monoisotopic (exact) mass is 459 g/mol. The van der Waals surface area contributed by atoms with Crippen LogP contribution in [0.3, 0.4) is 0 Å². The molecule has 0 bridgehead atoms. The summed E-state index contributed by atoms with van der Waals surface area (Å²) in [6.45, 7) is 1.87. The summed E-state index contributed by atoms with van der Waals surface area (Å²) in [5, 5.41) is 0. The quantitative estimate of drug-likeness (QED) is 0.382. The normalized spacial score (nSPS) is 25.0. The van der Waals surface area contributed by atoms with E-state index in [0.29, 0.717) is 12.6 Å². The molecule has 0 unspecified atom stereocenters. The largest absolute Gasteiger partial charge is 0.493 e. The molecule has 1 aromatic rings. The zero-order chi connectivity index (χ0) is 22.3. The van der Waals surface area contributed by atoms with Crippen LogP contribution in [0.15, 0.2) is 18.2 Å². The first kappa shape index (κ1) is 24.5. The van der Waals surface area contributed by atoms with Crippen LogP contribution in [0.2, 0.25) is 0 Å². The molecule has 0 aromatic heterocycles. The number of rotatable bonds is 11. The highest BCUT2D eigenvalue weighted by molar-refractivity contribution is 7.46. The minimum atomic E-state index is -4.50. The molecular formula is C21H34NO8P. The van der Waals surface area contributed by atoms with Crippen molar-refractivity contribution in [2.24, 2.45) is 0 Å². The van der Waals surface area contributed by atoms with Crippen molar-refractivity contribution in [1.29, 1.82) is 0 Å². The molecule has 10 heteroatoms. The minimum absolute atomic E-state index is 0.0825. The molecular weight excluding hydrogens is 425 g/mol. The Bertz CT molecular complexity index is 742. The van der Waals surface area contributed by atoms with E-state index < -0.39 is 14.6 Å². The van der Waals surface area contributed by atoms with Crippen LogP contribution in [0.4, 0.5) is 0 Å². The fourth-order valence-electron chi connectivity index (χ4n) is 4.44. The second-order valence-corrected chi connectivity index (χ2v) is 9.25. The zero-order valence-corrected chi connectivity index (χ0v) is 19.2. The first-order valence-corrected chi connectivity index (χ1v) is 12.3. The Kier molecular flexibility index (Phi) is 9.16. The molecule has 31 heavy (non-hydrogen) atoms. The molecule has 176 valence electrons. The average Bonchev–Trinajstić information content (AvgIpc) is 3.21. The maximum absolute atomic E-state index is 10.8. The maximum Gasteiger partial charge on any atom is 0.471 e. The summed E-state index contributed by atoms with van der Waals surface area (Å²) in [6, 6.07) is 6.28. The molecule has 1 aliphatic heterocycles. The minimum Gasteiger partial charge on any atom is -0.493 e. The van der Waals surface area contributed by atoms with Gasteiger partial charge in [0.15, 0.2) is 18.3 Å². The lowest BCUT2D eigenvalue weighted by molar-refractivity contribution is -0.0552. The third-order valence-electron chi connectivity index (χ3n) is 6.01. The van der Waals surface area contributed by atoms with E-state index in [4.69, 9.17) is 28.7 Å². The third kappa shape index (κ3) is 7.43. The molecule has 3 rings (SSSR count). The van der Waals surface area contributed by atoms with Crippen molar-refractivity contribution in [1.82, 2.24) is 4.90 Å². The van der Waals surface area contributed by atoms with Gasteiger partial charge in [0.05, 0.1) is 33.0 Å². The highest BCUT2D eigenvalue weighted by Crippen LogP contribution is 2.36. The molecule has 1 saturated carbocycles. The first-order valence-electron chi connectivity index (χ1n) is 10.8. The van der Waals surface area contributed by atoms with E-state index in [9.17, 15) is 4.57 Å². The smallest absolute Gasteiger partial charge is 0.471 e. The van der Waals surface area contributed by atoms with Crippen LogP contribution in [0, 0.1) is 0 Å². The van der Waals surface area contributed by atoms with E-state index in [-0.39, 0.29) is 12.2 Å². The molecule has 1 heterocycles. The van der Waals surface area contributed by atoms with Gasteiger partial charge in [-0.1, -0.05) is 18.9 Å². The maximum atomic E-state index is 10.8. The van der Waals surface area contributed by atoms with Crippen molar-refractivity contribution < 1.29 is 37.8 Å². The van der Waals surface area contributed by atoms with Crippen LogP contribution in [0.5, 0.6) is 11.5 Å². The summed E-state index contributed by atoms with van der Waals surface area (Å²) in [7, 11) is -1.23. The van der Waals surface area contributed by atoms with E-state index in [1.165, 1.54) is 12.8 Å². The number of ether oxygens (including phenoxy) is 4. The van der Waals surface area contributed by atoms with Crippen molar-refractivity contribution in [3.63, 3.8) is 0 Å². The average molecular weight is 459 g/mol. The van der Waals surface area contributed by atoms with Gasteiger partial charge in [-0.05, 0) is 43.4 Å². The van der Waals surface area contributed by atoms with Crippen LogP contribution in [-0.2, 0) is 25.0 Å². The van der Waals surface area contributed by atoms with Crippen LogP contribution in [0.25, 0.3) is 0 Å². The molecule has 0 amide bonds. The molecule has 1 saturated heterocycles. The highest BCUT2D eigenvalue weighted by atomic mass is 31.2. The van der Waals surface area contributed by atoms with Crippen molar-refractivity contribution >= 4 is 7.82 Å². The lowest BCUT2D eigenvalue weighted by Gasteiger charge is -2.37. The number of hydrogen-bond donors (Lipinski definition) is 2. The van der Waals surface area contributed by atoms with Crippen LogP contribution < -0.4 is 9.47 Å². The molecule has 0 radical (unpaired) electrons. The molecule has 9 nitrogen and oxygen atoms in total. The number of likely N-dealkylation sites (tertiary alicyclic amines) is 1. The van der Waals surface area contributed by atoms with Crippen molar-refractivity contribution in [2.45, 2.75) is 56.8 Å². The second kappa shape index (κ2) is 11.6. The lowest BCUT2D eigenvalue weighted by atomic mass is 9.91. The Balaban J connectivity index is 1.47. The van der Waals surface area contributed by atoms with Gasteiger partial charge in [0, 0.05) is 19.1 Å². The zero-order valence-electron chi connectivity index (χ0n) is 18.3. The predicted molar refractivity (Wildman–Crippen MR) is 114 cm³/mol. The third-order valence-corrected chi connectivity index (χ3v) is 6.45. The van der Waals surface area contributed by atoms with Gasteiger partial charge in [-0.2, -0.15) is 0 Å². The summed E-state index contributed by atoms with van der Waals surface area (Å²) in [5.41, 5.74) is 1.14. The van der Waals surface area contributed by atoms with E-state index in [2.05, 4.69) is 9.42 Å². The Hall–Kier alpha value is -1.19. The SMILES string of the molecule is COc1ccc(CCO[C@H]2CCCC[C@@H]2N2CC[C@@H](OCOP(=O)(O)O)C2)cc1OC. The van der Waals surface area contributed by atoms with Crippen LogP contribution in [-0.4, -0.2) is 73.6 Å². The Labute approximate surface area is 183 Å². The Morgan fingerprint density at radius 3 is 2.58 bits per heavy atom. The number of benzene rings is 1. The Morgan fingerprint density at radius 2 is 1.84 bits per heavy atom. The van der Waals surface area contributed by atoms with Crippen LogP contribution in [0.1, 0.15) is 37.7 Å². The summed E-state index contributed by atoms with van der Waals surface area (Å²) in [5.74, 6) is 1.44. The van der Waals surface area contributed by atoms with E-state index in [0.717, 1.165) is 55.8 Å². The van der Waals surface area contributed by atoms with Gasteiger partial charge < -0.3 is 28.7 Å². The van der Waals surface area contributed by atoms with Gasteiger partial charge in [-0.15, -0.1) is 0 Å². The standard InChI is InChI=1S/C21H34NO8P/c1-26-20-8-7-16(13-21(20)27-2)10-12-28-19-6-4-3-5-18(19)22-11-9-17(14-22)29-15-30-31(23,24)25/h7-8,13,17-19H,3-6,9-12,14-15H2,1-2H3,(H2,23,24,25)/t17-,18+,19+/m1/s1. The van der Waals surface area contributed by atoms with Crippen molar-refractivity contribution in [2.75, 3.05) is 40.7 Å². The first-order chi connectivity index (χ1) is 14.9. The van der Waals surface area contributed by atoms with E-state index >= 15 is 0 Å². The summed E-state index contributed by atoms with van der Waals surface area (Å²) in [4.78, 5) is 19.9. The number of phosphoric ester groups is 1. The Morgan fingerprint density at radius 1 is 1.06 bits per heavy atom. The number of hydrogen-bond acceptors (Lipinski definition) is 7. The number of phosphoric acid groups is 1. The van der Waals surface area contributed by atoms with Gasteiger partial charge in [0.1, 0.15) is 0 Å². The van der Waals surface area contributed by atoms with Crippen molar-refractivity contribution in [3.8, 4) is 11.5 Å². The molecule has 2 fully saturated rings. The van der Waals surface area contributed by atoms with Gasteiger partial charge >= 0.3 is 7.82 Å². The van der Waals surface area contributed by atoms with Gasteiger partial charge in [-0.3, -0.25) is 9.42 Å². The predicted octanol–water partition coefficient (Wildman–Crippen LogP) is 2.73. The lowest BCUT2D eigenvalue weighted by Crippen LogP contribution is -2.46. The number of nitrogens with zero attached hydrogens (tertiary/aromatic N) is 1. The molecule has 2 aliphatic rings. The highest BCUT2D eigenvalue weighted by Gasteiger charge is 2.35. The number of methoxy groups -OCH3 is 2. The summed E-state index contributed by atoms with van der Waals surface area (Å²) >= 11 is 0. The second-order valence-electron chi connectivity index (χ2n) is 8.01. The summed E-state index contributed by atoms with van der Waals surface area (Å²) < 4.78 is 37.7. The van der Waals surface area contributed by atoms with Crippen LogP contribution >= 0.6 is 7.82 Å². The van der Waals surface area contributed by atoms with Gasteiger partial charge in [0.25, 0.3) is 0 Å². The van der Waals surface area contributed by atoms with E-state index in [1.54, 1.807) is 14.2 Å².